The summed E-state index contributed by atoms with van der Waals surface area (Å²) in [4.78, 5) is 3.66. The largest absolute Gasteiger partial charge is 0.489 e. The Morgan fingerprint density at radius 1 is 1.41 bits per heavy atom. The molecule has 0 radical (unpaired) electrons. The third-order valence-electron chi connectivity index (χ3n) is 1.83. The molecule has 0 heterocycles. The molecule has 0 aliphatic carbocycles. The number of benzene rings is 1. The van der Waals surface area contributed by atoms with Gasteiger partial charge in [0.1, 0.15) is 23.5 Å². The van der Waals surface area contributed by atoms with E-state index in [4.69, 9.17) is 39.4 Å². The summed E-state index contributed by atoms with van der Waals surface area (Å²) < 4.78 is 5.29. The number of aliphatic hydroxyl groups excluding tert-OH is 1. The number of hydrogen-bond acceptors (Lipinski definition) is 3. The van der Waals surface area contributed by atoms with Crippen molar-refractivity contribution in [3.8, 4) is 5.75 Å². The van der Waals surface area contributed by atoms with Crippen molar-refractivity contribution in [2.24, 2.45) is 16.5 Å². The van der Waals surface area contributed by atoms with Crippen molar-refractivity contribution in [1.82, 2.24) is 0 Å². The van der Waals surface area contributed by atoms with E-state index in [-0.39, 0.29) is 19.1 Å². The molecule has 0 aliphatic rings. The highest BCUT2D eigenvalue weighted by Gasteiger charge is 2.08. The predicted octanol–water partition coefficient (Wildman–Crippen LogP) is 1.01. The molecule has 0 spiro atoms. The van der Waals surface area contributed by atoms with Crippen LogP contribution in [0.5, 0.6) is 5.75 Å². The van der Waals surface area contributed by atoms with Gasteiger partial charge in [0.2, 0.25) is 0 Å². The van der Waals surface area contributed by atoms with Gasteiger partial charge in [0.15, 0.2) is 5.96 Å². The second-order valence-corrected chi connectivity index (χ2v) is 4.07. The van der Waals surface area contributed by atoms with Gasteiger partial charge in [-0.15, -0.1) is 0 Å². The van der Waals surface area contributed by atoms with Gasteiger partial charge in [0.25, 0.3) is 0 Å². The standard InChI is InChI=1S/C10H13Cl2N3O2/c11-7-2-1-3-8(9(7)12)17-5-6(16)4-15-10(13)14/h1-3,6,16H,4-5H2,(H4,13,14,15). The van der Waals surface area contributed by atoms with E-state index in [1.54, 1.807) is 18.2 Å². The van der Waals surface area contributed by atoms with E-state index in [9.17, 15) is 5.11 Å². The maximum atomic E-state index is 9.50. The molecule has 1 unspecified atom stereocenters. The van der Waals surface area contributed by atoms with E-state index in [1.165, 1.54) is 0 Å². The summed E-state index contributed by atoms with van der Waals surface area (Å²) in [7, 11) is 0. The smallest absolute Gasteiger partial charge is 0.186 e. The predicted molar refractivity (Wildman–Crippen MR) is 68.6 cm³/mol. The lowest BCUT2D eigenvalue weighted by Crippen LogP contribution is -2.27. The van der Waals surface area contributed by atoms with Crippen LogP contribution in [0.4, 0.5) is 0 Å². The molecule has 1 rings (SSSR count). The number of nitrogens with zero attached hydrogens (tertiary/aromatic N) is 1. The molecule has 5 N–H and O–H groups in total. The summed E-state index contributed by atoms with van der Waals surface area (Å²) in [5.41, 5.74) is 10.3. The summed E-state index contributed by atoms with van der Waals surface area (Å²) in [5.74, 6) is 0.327. The molecular formula is C10H13Cl2N3O2. The molecule has 0 saturated carbocycles. The average molecular weight is 278 g/mol. The zero-order valence-corrected chi connectivity index (χ0v) is 10.4. The number of rotatable bonds is 5. The molecule has 0 amide bonds. The topological polar surface area (TPSA) is 93.9 Å². The molecule has 0 aliphatic heterocycles. The Bertz CT molecular complexity index is 409. The number of aliphatic hydroxyl groups is 1. The van der Waals surface area contributed by atoms with Gasteiger partial charge in [-0.25, -0.2) is 0 Å². The van der Waals surface area contributed by atoms with E-state index in [0.717, 1.165) is 0 Å². The fourth-order valence-corrected chi connectivity index (χ4v) is 1.39. The quantitative estimate of drug-likeness (QED) is 0.553. The van der Waals surface area contributed by atoms with Crippen LogP contribution in [0.25, 0.3) is 0 Å². The molecule has 1 aromatic rings. The lowest BCUT2D eigenvalue weighted by Gasteiger charge is -2.12. The molecule has 0 bridgehead atoms. The minimum atomic E-state index is -0.813. The lowest BCUT2D eigenvalue weighted by atomic mass is 10.3. The van der Waals surface area contributed by atoms with Crippen LogP contribution in [0, 0.1) is 0 Å². The van der Waals surface area contributed by atoms with Crippen LogP contribution >= 0.6 is 23.2 Å². The summed E-state index contributed by atoms with van der Waals surface area (Å²) >= 11 is 11.7. The molecule has 1 aromatic carbocycles. The summed E-state index contributed by atoms with van der Waals surface area (Å²) in [6, 6.07) is 5.00. The van der Waals surface area contributed by atoms with Crippen LogP contribution in [0.15, 0.2) is 23.2 Å². The highest BCUT2D eigenvalue weighted by Crippen LogP contribution is 2.31. The fourth-order valence-electron chi connectivity index (χ4n) is 1.04. The highest BCUT2D eigenvalue weighted by molar-refractivity contribution is 6.42. The Morgan fingerprint density at radius 2 is 2.12 bits per heavy atom. The fraction of sp³-hybridized carbons (Fsp3) is 0.300. The van der Waals surface area contributed by atoms with E-state index < -0.39 is 6.10 Å². The minimum Gasteiger partial charge on any atom is -0.489 e. The third kappa shape index (κ3) is 4.68. The SMILES string of the molecule is NC(N)=NCC(O)COc1cccc(Cl)c1Cl. The number of hydrogen-bond donors (Lipinski definition) is 3. The summed E-state index contributed by atoms with van der Waals surface area (Å²) in [5, 5.41) is 10.2. The lowest BCUT2D eigenvalue weighted by molar-refractivity contribution is 0.114. The van der Waals surface area contributed by atoms with Crippen molar-refractivity contribution in [3.63, 3.8) is 0 Å². The minimum absolute atomic E-state index is 0.0246. The van der Waals surface area contributed by atoms with Gasteiger partial charge in [0, 0.05) is 0 Å². The van der Waals surface area contributed by atoms with Crippen molar-refractivity contribution >= 4 is 29.2 Å². The number of nitrogens with two attached hydrogens (primary N) is 2. The van der Waals surface area contributed by atoms with Crippen molar-refractivity contribution in [1.29, 1.82) is 0 Å². The zero-order valence-electron chi connectivity index (χ0n) is 8.94. The van der Waals surface area contributed by atoms with Crippen LogP contribution in [0.2, 0.25) is 10.0 Å². The van der Waals surface area contributed by atoms with Crippen molar-refractivity contribution in [3.05, 3.63) is 28.2 Å². The molecule has 94 valence electrons. The van der Waals surface area contributed by atoms with Gasteiger partial charge in [-0.1, -0.05) is 29.3 Å². The maximum Gasteiger partial charge on any atom is 0.186 e. The van der Waals surface area contributed by atoms with Crippen LogP contribution in [-0.2, 0) is 0 Å². The molecule has 1 atom stereocenters. The summed E-state index contributed by atoms with van der Waals surface area (Å²) in [6.07, 6.45) is -0.813. The van der Waals surface area contributed by atoms with Gasteiger partial charge in [-0.05, 0) is 12.1 Å². The van der Waals surface area contributed by atoms with Crippen molar-refractivity contribution < 1.29 is 9.84 Å². The highest BCUT2D eigenvalue weighted by atomic mass is 35.5. The Hall–Kier alpha value is -1.17. The number of guanidine groups is 1. The molecule has 0 aromatic heterocycles. The Balaban J connectivity index is 2.50. The average Bonchev–Trinajstić information content (AvgIpc) is 2.28. The molecule has 0 fully saturated rings. The monoisotopic (exact) mass is 277 g/mol. The van der Waals surface area contributed by atoms with Gasteiger partial charge >= 0.3 is 0 Å². The van der Waals surface area contributed by atoms with Crippen LogP contribution in [0.3, 0.4) is 0 Å². The van der Waals surface area contributed by atoms with Gasteiger partial charge in [-0.2, -0.15) is 0 Å². The molecule has 17 heavy (non-hydrogen) atoms. The second kappa shape index (κ2) is 6.54. The van der Waals surface area contributed by atoms with Gasteiger partial charge in [0.05, 0.1) is 11.6 Å². The first-order valence-electron chi connectivity index (χ1n) is 4.81. The summed E-state index contributed by atoms with van der Waals surface area (Å²) in [6.45, 7) is 0.0946. The first kappa shape index (κ1) is 13.9. The van der Waals surface area contributed by atoms with E-state index in [1.807, 2.05) is 0 Å². The van der Waals surface area contributed by atoms with Crippen LogP contribution in [0.1, 0.15) is 0 Å². The number of halogens is 2. The van der Waals surface area contributed by atoms with Crippen molar-refractivity contribution in [2.45, 2.75) is 6.10 Å². The molecule has 5 nitrogen and oxygen atoms in total. The molecule has 0 saturated heterocycles. The molecule has 7 heteroatoms. The Labute approximate surface area is 109 Å². The van der Waals surface area contributed by atoms with E-state index in [0.29, 0.717) is 15.8 Å². The van der Waals surface area contributed by atoms with Crippen LogP contribution in [-0.4, -0.2) is 30.3 Å². The maximum absolute atomic E-state index is 9.50. The first-order chi connectivity index (χ1) is 8.00. The van der Waals surface area contributed by atoms with Gasteiger partial charge < -0.3 is 21.3 Å². The normalized spacial score (nSPS) is 11.9. The number of aliphatic imine (C=N–C) groups is 1. The third-order valence-corrected chi connectivity index (χ3v) is 2.63. The van der Waals surface area contributed by atoms with E-state index in [2.05, 4.69) is 4.99 Å². The zero-order chi connectivity index (χ0) is 12.8. The number of ether oxygens (including phenoxy) is 1. The second-order valence-electron chi connectivity index (χ2n) is 3.28. The van der Waals surface area contributed by atoms with Crippen LogP contribution < -0.4 is 16.2 Å². The molecular weight excluding hydrogens is 265 g/mol. The van der Waals surface area contributed by atoms with E-state index >= 15 is 0 Å². The Kier molecular flexibility index (Phi) is 5.34. The van der Waals surface area contributed by atoms with Gasteiger partial charge in [-0.3, -0.25) is 4.99 Å². The van der Waals surface area contributed by atoms with Crippen molar-refractivity contribution in [2.75, 3.05) is 13.2 Å². The first-order valence-corrected chi connectivity index (χ1v) is 5.56. The Morgan fingerprint density at radius 3 is 2.76 bits per heavy atom.